The minimum Gasteiger partial charge on any atom is -0.354 e. The minimum absolute atomic E-state index is 0.159. The van der Waals surface area contributed by atoms with Crippen molar-refractivity contribution in [1.82, 2.24) is 9.62 Å². The zero-order valence-electron chi connectivity index (χ0n) is 16.5. The van der Waals surface area contributed by atoms with E-state index in [1.54, 1.807) is 0 Å². The molecule has 2 aliphatic rings. The molecule has 1 heterocycles. The zero-order chi connectivity index (χ0) is 19.6. The topological polar surface area (TPSA) is 66.5 Å². The first-order valence-corrected chi connectivity index (χ1v) is 11.3. The highest BCUT2D eigenvalue weighted by Gasteiger charge is 2.40. The van der Waals surface area contributed by atoms with Crippen LogP contribution in [0.25, 0.3) is 0 Å². The maximum Gasteiger partial charge on any atom is 0.244 e. The van der Waals surface area contributed by atoms with Crippen LogP contribution in [-0.4, -0.2) is 37.8 Å². The Kier molecular flexibility index (Phi) is 6.06. The second-order valence-corrected chi connectivity index (χ2v) is 9.72. The van der Waals surface area contributed by atoms with E-state index >= 15 is 0 Å². The lowest BCUT2D eigenvalue weighted by molar-refractivity contribution is -0.124. The van der Waals surface area contributed by atoms with E-state index in [9.17, 15) is 13.2 Å². The van der Waals surface area contributed by atoms with Crippen LogP contribution in [0.15, 0.2) is 29.2 Å². The summed E-state index contributed by atoms with van der Waals surface area (Å²) in [7, 11) is -3.69. The van der Waals surface area contributed by atoms with Gasteiger partial charge in [0.15, 0.2) is 0 Å². The molecule has 0 spiro atoms. The van der Waals surface area contributed by atoms with E-state index in [-0.39, 0.29) is 5.91 Å². The molecular weight excluding hydrogens is 360 g/mol. The van der Waals surface area contributed by atoms with Crippen molar-refractivity contribution < 1.29 is 13.2 Å². The Morgan fingerprint density at radius 1 is 1.15 bits per heavy atom. The molecule has 0 aromatic heterocycles. The number of aryl methyl sites for hydroxylation is 3. The highest BCUT2D eigenvalue weighted by atomic mass is 32.2. The summed E-state index contributed by atoms with van der Waals surface area (Å²) in [4.78, 5) is 13.1. The number of nitrogens with one attached hydrogen (secondary N) is 1. The predicted molar refractivity (Wildman–Crippen MR) is 107 cm³/mol. The Bertz CT molecular complexity index is 822. The quantitative estimate of drug-likeness (QED) is 0.785. The number of benzene rings is 1. The molecule has 1 aliphatic carbocycles. The van der Waals surface area contributed by atoms with Crippen molar-refractivity contribution >= 4 is 15.9 Å². The fourth-order valence-electron chi connectivity index (χ4n) is 4.39. The van der Waals surface area contributed by atoms with Gasteiger partial charge in [0.2, 0.25) is 15.9 Å². The molecule has 2 atom stereocenters. The lowest BCUT2D eigenvalue weighted by Gasteiger charge is -2.26. The van der Waals surface area contributed by atoms with Gasteiger partial charge in [-0.25, -0.2) is 8.42 Å². The molecule has 1 saturated heterocycles. The predicted octanol–water partition coefficient (Wildman–Crippen LogP) is 3.24. The summed E-state index contributed by atoms with van der Waals surface area (Å²) in [6.07, 6.45) is 8.74. The van der Waals surface area contributed by atoms with Crippen LogP contribution in [0.5, 0.6) is 0 Å². The second kappa shape index (κ2) is 8.15. The monoisotopic (exact) mass is 390 g/mol. The third kappa shape index (κ3) is 4.27. The van der Waals surface area contributed by atoms with Gasteiger partial charge in [0.25, 0.3) is 0 Å². The average molecular weight is 391 g/mol. The fraction of sp³-hybridized carbons (Fsp3) is 0.571. The summed E-state index contributed by atoms with van der Waals surface area (Å²) in [6.45, 7) is 6.64. The van der Waals surface area contributed by atoms with E-state index in [0.29, 0.717) is 36.7 Å². The van der Waals surface area contributed by atoms with Crippen LogP contribution in [-0.2, 0) is 14.8 Å². The van der Waals surface area contributed by atoms with Crippen LogP contribution in [0.1, 0.15) is 48.8 Å². The number of amides is 1. The summed E-state index contributed by atoms with van der Waals surface area (Å²) in [5.41, 5.74) is 2.53. The summed E-state index contributed by atoms with van der Waals surface area (Å²) in [5.74, 6) is 0.292. The van der Waals surface area contributed by atoms with Crippen molar-refractivity contribution in [3.63, 3.8) is 0 Å². The first-order chi connectivity index (χ1) is 12.8. The molecule has 1 aromatic rings. The lowest BCUT2D eigenvalue weighted by atomic mass is 9.94. The van der Waals surface area contributed by atoms with Gasteiger partial charge in [-0.2, -0.15) is 4.31 Å². The Balaban J connectivity index is 1.77. The van der Waals surface area contributed by atoms with Gasteiger partial charge in [0.05, 0.1) is 4.90 Å². The zero-order valence-corrected chi connectivity index (χ0v) is 17.3. The van der Waals surface area contributed by atoms with Crippen LogP contribution in [0.2, 0.25) is 0 Å². The maximum atomic E-state index is 13.3. The van der Waals surface area contributed by atoms with Gasteiger partial charge in [-0.1, -0.05) is 29.8 Å². The molecule has 1 aliphatic heterocycles. The van der Waals surface area contributed by atoms with Crippen molar-refractivity contribution in [2.24, 2.45) is 5.92 Å². The standard InChI is InChI=1S/C21H30N2O3S/c1-15-12-16(2)20(17(3)13-15)27(25,26)23-11-7-10-19(23)21(24)22-14-18-8-5-4-6-9-18/h4-5,12-13,18-19H,6-11,14H2,1-3H3,(H,22,24). The van der Waals surface area contributed by atoms with Crippen LogP contribution >= 0.6 is 0 Å². The van der Waals surface area contributed by atoms with Crippen LogP contribution < -0.4 is 5.32 Å². The van der Waals surface area contributed by atoms with Crippen molar-refractivity contribution in [2.45, 2.75) is 63.8 Å². The number of hydrogen-bond acceptors (Lipinski definition) is 3. The van der Waals surface area contributed by atoms with Gasteiger partial charge in [-0.05, 0) is 69.9 Å². The third-order valence-electron chi connectivity index (χ3n) is 5.62. The smallest absolute Gasteiger partial charge is 0.244 e. The number of hydrogen-bond donors (Lipinski definition) is 1. The molecule has 0 saturated carbocycles. The highest BCUT2D eigenvalue weighted by Crippen LogP contribution is 2.30. The van der Waals surface area contributed by atoms with Gasteiger partial charge in [0, 0.05) is 13.1 Å². The summed E-state index contributed by atoms with van der Waals surface area (Å²) >= 11 is 0. The molecule has 6 heteroatoms. The number of rotatable bonds is 5. The number of nitrogens with zero attached hydrogens (tertiary/aromatic N) is 1. The van der Waals surface area contributed by atoms with E-state index in [1.165, 1.54) is 4.31 Å². The van der Waals surface area contributed by atoms with Gasteiger partial charge < -0.3 is 5.32 Å². The molecule has 3 rings (SSSR count). The number of sulfonamides is 1. The molecule has 1 fully saturated rings. The molecule has 1 amide bonds. The Labute approximate surface area is 162 Å². The van der Waals surface area contributed by atoms with Crippen molar-refractivity contribution in [1.29, 1.82) is 0 Å². The van der Waals surface area contributed by atoms with Crippen molar-refractivity contribution in [3.8, 4) is 0 Å². The maximum absolute atomic E-state index is 13.3. The van der Waals surface area contributed by atoms with E-state index in [1.807, 2.05) is 32.9 Å². The minimum atomic E-state index is -3.69. The first-order valence-electron chi connectivity index (χ1n) is 9.83. The third-order valence-corrected chi connectivity index (χ3v) is 7.83. The number of carbonyl (C=O) groups excluding carboxylic acids is 1. The Hall–Kier alpha value is -1.66. The average Bonchev–Trinajstić information content (AvgIpc) is 3.10. The molecule has 148 valence electrons. The van der Waals surface area contributed by atoms with E-state index in [0.717, 1.165) is 36.0 Å². The van der Waals surface area contributed by atoms with Crippen LogP contribution in [0, 0.1) is 26.7 Å². The van der Waals surface area contributed by atoms with Gasteiger partial charge in [-0.15, -0.1) is 0 Å². The lowest BCUT2D eigenvalue weighted by Crippen LogP contribution is -2.47. The van der Waals surface area contributed by atoms with Crippen molar-refractivity contribution in [2.75, 3.05) is 13.1 Å². The first kappa shape index (κ1) is 20.1. The molecular formula is C21H30N2O3S. The largest absolute Gasteiger partial charge is 0.354 e. The number of carbonyl (C=O) groups is 1. The molecule has 2 unspecified atom stereocenters. The Morgan fingerprint density at radius 3 is 2.48 bits per heavy atom. The summed E-state index contributed by atoms with van der Waals surface area (Å²) in [5, 5.41) is 3.01. The van der Waals surface area contributed by atoms with E-state index in [4.69, 9.17) is 0 Å². The fourth-order valence-corrected chi connectivity index (χ4v) is 6.46. The summed E-state index contributed by atoms with van der Waals surface area (Å²) < 4.78 is 28.1. The highest BCUT2D eigenvalue weighted by molar-refractivity contribution is 7.89. The number of allylic oxidation sites excluding steroid dienone is 2. The SMILES string of the molecule is Cc1cc(C)c(S(=O)(=O)N2CCCC2C(=O)NCC2CC=CCC2)c(C)c1. The van der Waals surface area contributed by atoms with Gasteiger partial charge in [0.1, 0.15) is 6.04 Å². The molecule has 0 radical (unpaired) electrons. The molecule has 5 nitrogen and oxygen atoms in total. The summed E-state index contributed by atoms with van der Waals surface area (Å²) in [6, 6.07) is 3.18. The van der Waals surface area contributed by atoms with Gasteiger partial charge in [-0.3, -0.25) is 4.79 Å². The molecule has 0 bridgehead atoms. The van der Waals surface area contributed by atoms with E-state index < -0.39 is 16.1 Å². The van der Waals surface area contributed by atoms with Crippen LogP contribution in [0.3, 0.4) is 0 Å². The van der Waals surface area contributed by atoms with Crippen molar-refractivity contribution in [3.05, 3.63) is 41.0 Å². The molecule has 1 aromatic carbocycles. The molecule has 27 heavy (non-hydrogen) atoms. The van der Waals surface area contributed by atoms with E-state index in [2.05, 4.69) is 17.5 Å². The second-order valence-electron chi connectivity index (χ2n) is 7.90. The molecule has 1 N–H and O–H groups in total. The van der Waals surface area contributed by atoms with Gasteiger partial charge >= 0.3 is 0 Å². The Morgan fingerprint density at radius 2 is 1.85 bits per heavy atom. The van der Waals surface area contributed by atoms with Crippen LogP contribution in [0.4, 0.5) is 0 Å². The normalized spacial score (nSPS) is 23.5.